The molecule has 16 heavy (non-hydrogen) atoms. The van der Waals surface area contributed by atoms with Crippen molar-refractivity contribution in [3.63, 3.8) is 0 Å². The minimum Gasteiger partial charge on any atom is -0.456 e. The second-order valence-corrected chi connectivity index (χ2v) is 3.76. The van der Waals surface area contributed by atoms with Gasteiger partial charge in [0.15, 0.2) is 12.2 Å². The van der Waals surface area contributed by atoms with Crippen LogP contribution in [-0.2, 0) is 23.8 Å². The lowest BCUT2D eigenvalue weighted by atomic mass is 10.1. The lowest BCUT2D eigenvalue weighted by molar-refractivity contribution is -0.163. The third-order valence-corrected chi connectivity index (χ3v) is 2.38. The van der Waals surface area contributed by atoms with Crippen molar-refractivity contribution < 1.29 is 23.8 Å². The van der Waals surface area contributed by atoms with E-state index in [2.05, 4.69) is 0 Å². The van der Waals surface area contributed by atoms with Crippen LogP contribution in [0.5, 0.6) is 0 Å². The van der Waals surface area contributed by atoms with Gasteiger partial charge >= 0.3 is 11.9 Å². The molecule has 0 bridgehead atoms. The summed E-state index contributed by atoms with van der Waals surface area (Å²) in [6, 6.07) is 0. The molecule has 1 aliphatic heterocycles. The number of carbonyl (C=O) groups excluding carboxylic acids is 2. The summed E-state index contributed by atoms with van der Waals surface area (Å²) in [6.45, 7) is 4.55. The van der Waals surface area contributed by atoms with E-state index in [-0.39, 0.29) is 12.6 Å². The van der Waals surface area contributed by atoms with Crippen LogP contribution in [0.2, 0.25) is 0 Å². The zero-order valence-electron chi connectivity index (χ0n) is 9.64. The molecule has 1 heterocycles. The third-order valence-electron chi connectivity index (χ3n) is 2.38. The predicted octanol–water partition coefficient (Wildman–Crippen LogP) is -0.404. The molecule has 0 spiro atoms. The average Bonchev–Trinajstić information content (AvgIpc) is 2.44. The maximum absolute atomic E-state index is 10.9. The zero-order chi connectivity index (χ0) is 12.3. The van der Waals surface area contributed by atoms with Gasteiger partial charge in [0, 0.05) is 20.4 Å². The highest BCUT2D eigenvalue weighted by Gasteiger charge is 2.46. The molecule has 0 amide bonds. The van der Waals surface area contributed by atoms with E-state index in [9.17, 15) is 9.59 Å². The topological polar surface area (TPSA) is 87.8 Å². The van der Waals surface area contributed by atoms with E-state index in [0.717, 1.165) is 0 Å². The Morgan fingerprint density at radius 1 is 1.19 bits per heavy atom. The van der Waals surface area contributed by atoms with Gasteiger partial charge in [0.1, 0.15) is 6.10 Å². The van der Waals surface area contributed by atoms with E-state index in [4.69, 9.17) is 19.9 Å². The van der Waals surface area contributed by atoms with Crippen LogP contribution in [0.4, 0.5) is 0 Å². The molecule has 1 fully saturated rings. The summed E-state index contributed by atoms with van der Waals surface area (Å²) in [5.41, 5.74) is 5.50. The fourth-order valence-corrected chi connectivity index (χ4v) is 1.79. The Balaban J connectivity index is 2.76. The van der Waals surface area contributed by atoms with Crippen LogP contribution in [0.1, 0.15) is 20.8 Å². The number of hydrogen-bond donors (Lipinski definition) is 1. The first-order valence-electron chi connectivity index (χ1n) is 5.15. The molecule has 6 heteroatoms. The van der Waals surface area contributed by atoms with Crippen molar-refractivity contribution in [3.05, 3.63) is 0 Å². The van der Waals surface area contributed by atoms with Crippen LogP contribution < -0.4 is 5.73 Å². The van der Waals surface area contributed by atoms with Crippen molar-refractivity contribution >= 4 is 11.9 Å². The second kappa shape index (κ2) is 5.27. The second-order valence-electron chi connectivity index (χ2n) is 3.76. The largest absolute Gasteiger partial charge is 0.456 e. The minimum atomic E-state index is -0.624. The van der Waals surface area contributed by atoms with Crippen molar-refractivity contribution in [3.8, 4) is 0 Å². The number of nitrogens with two attached hydrogens (primary N) is 1. The summed E-state index contributed by atoms with van der Waals surface area (Å²) in [7, 11) is 0. The van der Waals surface area contributed by atoms with Gasteiger partial charge in [-0.05, 0) is 6.92 Å². The van der Waals surface area contributed by atoms with E-state index in [1.54, 1.807) is 6.92 Å². The highest BCUT2D eigenvalue weighted by Crippen LogP contribution is 2.26. The Kier molecular flexibility index (Phi) is 4.26. The first-order chi connectivity index (χ1) is 7.45. The molecule has 1 saturated heterocycles. The van der Waals surface area contributed by atoms with Crippen molar-refractivity contribution in [2.24, 2.45) is 5.73 Å². The molecule has 1 rings (SSSR count). The molecular weight excluding hydrogens is 214 g/mol. The van der Waals surface area contributed by atoms with E-state index in [0.29, 0.717) is 0 Å². The van der Waals surface area contributed by atoms with Gasteiger partial charge in [-0.25, -0.2) is 0 Å². The standard InChI is InChI=1S/C10H17NO5/c1-5-9(15-6(2)12)10(16-7(3)13)8(4-11)14-5/h5,8-10H,4,11H2,1-3H3/t5?,8-,9-,10-/m1/s1. The van der Waals surface area contributed by atoms with Crippen LogP contribution in [0.25, 0.3) is 0 Å². The van der Waals surface area contributed by atoms with Crippen LogP contribution >= 0.6 is 0 Å². The molecule has 4 atom stereocenters. The maximum Gasteiger partial charge on any atom is 0.303 e. The molecule has 1 aliphatic rings. The summed E-state index contributed by atoms with van der Waals surface area (Å²) in [6.07, 6.45) is -1.97. The quantitative estimate of drug-likeness (QED) is 0.665. The van der Waals surface area contributed by atoms with E-state index >= 15 is 0 Å². The van der Waals surface area contributed by atoms with Crippen LogP contribution in [0.15, 0.2) is 0 Å². The van der Waals surface area contributed by atoms with Gasteiger partial charge in [-0.1, -0.05) is 0 Å². The third kappa shape index (κ3) is 2.93. The molecule has 0 aromatic rings. The van der Waals surface area contributed by atoms with E-state index < -0.39 is 30.3 Å². The SMILES string of the molecule is CC(=O)O[C@H]1[C@H](OC(C)=O)C(C)O[C@@H]1CN. The van der Waals surface area contributed by atoms with Gasteiger partial charge in [0.05, 0.1) is 6.10 Å². The van der Waals surface area contributed by atoms with Crippen molar-refractivity contribution in [1.82, 2.24) is 0 Å². The number of carbonyl (C=O) groups is 2. The van der Waals surface area contributed by atoms with E-state index in [1.165, 1.54) is 13.8 Å². The first kappa shape index (κ1) is 12.9. The van der Waals surface area contributed by atoms with Crippen molar-refractivity contribution in [2.45, 2.75) is 45.2 Å². The molecule has 92 valence electrons. The smallest absolute Gasteiger partial charge is 0.303 e. The van der Waals surface area contributed by atoms with Gasteiger partial charge in [-0.3, -0.25) is 9.59 Å². The van der Waals surface area contributed by atoms with Gasteiger partial charge in [-0.2, -0.15) is 0 Å². The summed E-state index contributed by atoms with van der Waals surface area (Å²) in [5.74, 6) is -0.881. The first-order valence-corrected chi connectivity index (χ1v) is 5.15. The van der Waals surface area contributed by atoms with Gasteiger partial charge < -0.3 is 19.9 Å². The molecule has 0 aromatic heterocycles. The predicted molar refractivity (Wildman–Crippen MR) is 54.5 cm³/mol. The zero-order valence-corrected chi connectivity index (χ0v) is 9.64. The van der Waals surface area contributed by atoms with Gasteiger partial charge in [0.2, 0.25) is 0 Å². The van der Waals surface area contributed by atoms with Crippen LogP contribution in [0, 0.1) is 0 Å². The Morgan fingerprint density at radius 3 is 2.12 bits per heavy atom. The van der Waals surface area contributed by atoms with Crippen LogP contribution in [-0.4, -0.2) is 42.9 Å². The molecule has 0 aromatic carbocycles. The summed E-state index contributed by atoms with van der Waals surface area (Å²) in [5, 5.41) is 0. The molecule has 0 saturated carbocycles. The summed E-state index contributed by atoms with van der Waals surface area (Å²) >= 11 is 0. The number of esters is 2. The average molecular weight is 231 g/mol. The van der Waals surface area contributed by atoms with Crippen LogP contribution in [0.3, 0.4) is 0 Å². The summed E-state index contributed by atoms with van der Waals surface area (Å²) < 4.78 is 15.6. The molecule has 0 radical (unpaired) electrons. The molecule has 0 aliphatic carbocycles. The number of ether oxygens (including phenoxy) is 3. The number of rotatable bonds is 3. The normalized spacial score (nSPS) is 33.5. The Hall–Kier alpha value is -1.14. The molecule has 2 N–H and O–H groups in total. The lowest BCUT2D eigenvalue weighted by Crippen LogP contribution is -2.41. The minimum absolute atomic E-state index is 0.208. The Morgan fingerprint density at radius 2 is 1.69 bits per heavy atom. The van der Waals surface area contributed by atoms with Gasteiger partial charge in [-0.15, -0.1) is 0 Å². The lowest BCUT2D eigenvalue weighted by Gasteiger charge is -2.22. The van der Waals surface area contributed by atoms with Crippen molar-refractivity contribution in [1.29, 1.82) is 0 Å². The van der Waals surface area contributed by atoms with E-state index in [1.807, 2.05) is 0 Å². The molecule has 6 nitrogen and oxygen atoms in total. The summed E-state index contributed by atoms with van der Waals surface area (Å²) in [4.78, 5) is 21.9. The van der Waals surface area contributed by atoms with Crippen molar-refractivity contribution in [2.75, 3.05) is 6.54 Å². The number of hydrogen-bond acceptors (Lipinski definition) is 6. The Labute approximate surface area is 94.0 Å². The molecular formula is C10H17NO5. The van der Waals surface area contributed by atoms with Gasteiger partial charge in [0.25, 0.3) is 0 Å². The highest BCUT2D eigenvalue weighted by molar-refractivity contribution is 5.67. The fourth-order valence-electron chi connectivity index (χ4n) is 1.79. The fraction of sp³-hybridized carbons (Fsp3) is 0.800. The Bertz CT molecular complexity index is 280. The molecule has 1 unspecified atom stereocenters. The highest BCUT2D eigenvalue weighted by atomic mass is 16.6. The monoisotopic (exact) mass is 231 g/mol. The maximum atomic E-state index is 10.9.